The fraction of sp³-hybridized carbons (Fsp3) is 0.500. The van der Waals surface area contributed by atoms with Gasteiger partial charge >= 0.3 is 0 Å². The highest BCUT2D eigenvalue weighted by Crippen LogP contribution is 2.24. The van der Waals surface area contributed by atoms with Gasteiger partial charge in [-0.2, -0.15) is 5.10 Å². The van der Waals surface area contributed by atoms with Crippen LogP contribution in [0.25, 0.3) is 0 Å². The number of fused-ring (bicyclic) bond motifs is 1. The Morgan fingerprint density at radius 1 is 1.42 bits per heavy atom. The minimum atomic E-state index is -0.207. The molecule has 0 radical (unpaired) electrons. The van der Waals surface area contributed by atoms with Crippen molar-refractivity contribution in [3.63, 3.8) is 0 Å². The van der Waals surface area contributed by atoms with Gasteiger partial charge in [0.05, 0.1) is 24.1 Å². The molecule has 19 heavy (non-hydrogen) atoms. The van der Waals surface area contributed by atoms with Gasteiger partial charge in [-0.1, -0.05) is 5.21 Å². The first-order valence-corrected chi connectivity index (χ1v) is 6.33. The highest BCUT2D eigenvalue weighted by Gasteiger charge is 2.21. The summed E-state index contributed by atoms with van der Waals surface area (Å²) in [6, 6.07) is 0. The first-order valence-electron chi connectivity index (χ1n) is 6.33. The van der Waals surface area contributed by atoms with Crippen LogP contribution in [0.15, 0.2) is 6.20 Å². The Labute approximate surface area is 110 Å². The first-order chi connectivity index (χ1) is 9.15. The molecule has 7 nitrogen and oxygen atoms in total. The number of aromatic nitrogens is 5. The highest BCUT2D eigenvalue weighted by molar-refractivity contribution is 5.91. The number of nitrogens with one attached hydrogen (secondary N) is 1. The molecule has 0 saturated heterocycles. The molecule has 7 heteroatoms. The smallest absolute Gasteiger partial charge is 0.273 e. The molecule has 2 heterocycles. The van der Waals surface area contributed by atoms with E-state index in [1.54, 1.807) is 13.2 Å². The van der Waals surface area contributed by atoms with Gasteiger partial charge in [0.15, 0.2) is 5.69 Å². The quantitative estimate of drug-likeness (QED) is 0.840. The van der Waals surface area contributed by atoms with Crippen molar-refractivity contribution in [1.82, 2.24) is 30.1 Å². The van der Waals surface area contributed by atoms with Gasteiger partial charge in [-0.3, -0.25) is 14.2 Å². The molecule has 1 aliphatic carbocycles. The summed E-state index contributed by atoms with van der Waals surface area (Å²) in [5.41, 5.74) is 3.89. The van der Waals surface area contributed by atoms with Gasteiger partial charge in [-0.05, 0) is 24.8 Å². The molecule has 0 saturated carbocycles. The van der Waals surface area contributed by atoms with Crippen LogP contribution in [0.2, 0.25) is 0 Å². The number of nitrogens with zero attached hydrogens (tertiary/aromatic N) is 5. The number of hydrogen-bond acceptors (Lipinski definition) is 4. The molecule has 0 aliphatic heterocycles. The Morgan fingerprint density at radius 2 is 2.26 bits per heavy atom. The van der Waals surface area contributed by atoms with Crippen molar-refractivity contribution >= 4 is 5.91 Å². The van der Waals surface area contributed by atoms with Crippen LogP contribution in [0.4, 0.5) is 0 Å². The van der Waals surface area contributed by atoms with Crippen LogP contribution in [0.1, 0.15) is 33.9 Å². The summed E-state index contributed by atoms with van der Waals surface area (Å²) < 4.78 is 3.37. The lowest BCUT2D eigenvalue weighted by atomic mass is 10.2. The van der Waals surface area contributed by atoms with Crippen molar-refractivity contribution in [2.24, 2.45) is 14.1 Å². The van der Waals surface area contributed by atoms with Crippen LogP contribution in [0, 0.1) is 0 Å². The van der Waals surface area contributed by atoms with Gasteiger partial charge in [-0.25, -0.2) is 0 Å². The molecule has 0 unspecified atom stereocenters. The molecule has 0 bridgehead atoms. The van der Waals surface area contributed by atoms with E-state index in [1.807, 2.05) is 11.7 Å². The molecule has 100 valence electrons. The average molecular weight is 260 g/mol. The lowest BCUT2D eigenvalue weighted by Gasteiger charge is -2.06. The van der Waals surface area contributed by atoms with Crippen molar-refractivity contribution in [2.45, 2.75) is 25.8 Å². The predicted octanol–water partition coefficient (Wildman–Crippen LogP) is -0.0327. The van der Waals surface area contributed by atoms with Gasteiger partial charge in [0, 0.05) is 14.1 Å². The van der Waals surface area contributed by atoms with Crippen LogP contribution in [-0.2, 0) is 33.5 Å². The standard InChI is InChI=1S/C12H16N6O/c1-17-7-10(14-16-17)12(19)13-6-11-8-4-3-5-9(8)15-18(11)2/h7H,3-6H2,1-2H3,(H,13,19). The average Bonchev–Trinajstić information content (AvgIpc) is 3.03. The number of amides is 1. The summed E-state index contributed by atoms with van der Waals surface area (Å²) in [6.45, 7) is 0.480. The topological polar surface area (TPSA) is 77.6 Å². The predicted molar refractivity (Wildman–Crippen MR) is 67.4 cm³/mol. The molecular formula is C12H16N6O. The Bertz CT molecular complexity index is 626. The largest absolute Gasteiger partial charge is 0.345 e. The molecule has 1 N–H and O–H groups in total. The summed E-state index contributed by atoms with van der Waals surface area (Å²) in [4.78, 5) is 11.9. The van der Waals surface area contributed by atoms with E-state index < -0.39 is 0 Å². The Morgan fingerprint density at radius 3 is 3.00 bits per heavy atom. The molecule has 1 aliphatic rings. The molecule has 2 aromatic rings. The summed E-state index contributed by atoms with van der Waals surface area (Å²) in [6.07, 6.45) is 4.85. The zero-order valence-corrected chi connectivity index (χ0v) is 11.1. The maximum atomic E-state index is 11.9. The van der Waals surface area contributed by atoms with Gasteiger partial charge < -0.3 is 5.32 Å². The third-order valence-electron chi connectivity index (χ3n) is 3.45. The third kappa shape index (κ3) is 2.11. The lowest BCUT2D eigenvalue weighted by Crippen LogP contribution is -2.25. The number of rotatable bonds is 3. The second kappa shape index (κ2) is 4.49. The molecular weight excluding hydrogens is 244 g/mol. The maximum Gasteiger partial charge on any atom is 0.273 e. The van der Waals surface area contributed by atoms with Crippen LogP contribution in [0.3, 0.4) is 0 Å². The molecule has 0 fully saturated rings. The van der Waals surface area contributed by atoms with Crippen LogP contribution in [-0.4, -0.2) is 30.7 Å². The molecule has 0 spiro atoms. The third-order valence-corrected chi connectivity index (χ3v) is 3.45. The van der Waals surface area contributed by atoms with Gasteiger partial charge in [0.25, 0.3) is 5.91 Å². The van der Waals surface area contributed by atoms with Crippen molar-refractivity contribution < 1.29 is 4.79 Å². The number of carbonyl (C=O) groups excluding carboxylic acids is 1. The van der Waals surface area contributed by atoms with Gasteiger partial charge in [0.2, 0.25) is 0 Å². The van der Waals surface area contributed by atoms with Crippen molar-refractivity contribution in [3.8, 4) is 0 Å². The van der Waals surface area contributed by atoms with Gasteiger partial charge in [-0.15, -0.1) is 5.10 Å². The Balaban J connectivity index is 1.71. The van der Waals surface area contributed by atoms with E-state index in [2.05, 4.69) is 20.7 Å². The minimum absolute atomic E-state index is 0.207. The fourth-order valence-corrected chi connectivity index (χ4v) is 2.51. The number of hydrogen-bond donors (Lipinski definition) is 1. The monoisotopic (exact) mass is 260 g/mol. The van der Waals surface area contributed by atoms with Gasteiger partial charge in [0.1, 0.15) is 0 Å². The van der Waals surface area contributed by atoms with E-state index in [-0.39, 0.29) is 5.91 Å². The lowest BCUT2D eigenvalue weighted by molar-refractivity contribution is 0.0945. The van der Waals surface area contributed by atoms with E-state index in [0.717, 1.165) is 25.0 Å². The summed E-state index contributed by atoms with van der Waals surface area (Å²) in [5, 5.41) is 14.9. The van der Waals surface area contributed by atoms with E-state index in [1.165, 1.54) is 15.9 Å². The van der Waals surface area contributed by atoms with E-state index in [0.29, 0.717) is 12.2 Å². The second-order valence-electron chi connectivity index (χ2n) is 4.81. The van der Waals surface area contributed by atoms with E-state index in [9.17, 15) is 4.79 Å². The summed E-state index contributed by atoms with van der Waals surface area (Å²) >= 11 is 0. The van der Waals surface area contributed by atoms with Crippen LogP contribution >= 0.6 is 0 Å². The molecule has 1 amide bonds. The second-order valence-corrected chi connectivity index (χ2v) is 4.81. The normalized spacial score (nSPS) is 13.6. The zero-order chi connectivity index (χ0) is 13.4. The maximum absolute atomic E-state index is 11.9. The molecule has 0 atom stereocenters. The minimum Gasteiger partial charge on any atom is -0.345 e. The van der Waals surface area contributed by atoms with Crippen molar-refractivity contribution in [1.29, 1.82) is 0 Å². The summed E-state index contributed by atoms with van der Waals surface area (Å²) in [7, 11) is 3.65. The molecule has 3 rings (SSSR count). The van der Waals surface area contributed by atoms with E-state index >= 15 is 0 Å². The van der Waals surface area contributed by atoms with Crippen molar-refractivity contribution in [2.75, 3.05) is 0 Å². The molecule has 0 aromatic carbocycles. The Kier molecular flexibility index (Phi) is 2.81. The number of carbonyl (C=O) groups is 1. The highest BCUT2D eigenvalue weighted by atomic mass is 16.2. The van der Waals surface area contributed by atoms with E-state index in [4.69, 9.17) is 0 Å². The van der Waals surface area contributed by atoms with Crippen LogP contribution < -0.4 is 5.32 Å². The SMILES string of the molecule is Cn1cc(C(=O)NCc2c3c(nn2C)CCC3)nn1. The summed E-state index contributed by atoms with van der Waals surface area (Å²) in [5.74, 6) is -0.207. The molecule has 2 aromatic heterocycles. The van der Waals surface area contributed by atoms with Crippen molar-refractivity contribution in [3.05, 3.63) is 28.8 Å². The van der Waals surface area contributed by atoms with Crippen LogP contribution in [0.5, 0.6) is 0 Å². The fourth-order valence-electron chi connectivity index (χ4n) is 2.51. The zero-order valence-electron chi connectivity index (χ0n) is 11.1. The number of aryl methyl sites for hydroxylation is 3. The first kappa shape index (κ1) is 11.9. The Hall–Kier alpha value is -2.18.